The molecule has 0 saturated carbocycles. The van der Waals surface area contributed by atoms with E-state index in [-0.39, 0.29) is 11.7 Å². The standard InChI is InChI=1S/C20H15N3OS3/c24-18(21-17-12-6-8-14-7-4-5-11-16(14)17)13-26-19-22-23(20(25)27-19)15-9-2-1-3-10-15/h1-12H,13H2,(H,21,24). The Balaban J connectivity index is 1.45. The molecule has 4 nitrogen and oxygen atoms in total. The third-order valence-electron chi connectivity index (χ3n) is 3.92. The van der Waals surface area contributed by atoms with E-state index in [0.29, 0.717) is 3.95 Å². The number of benzene rings is 3. The zero-order chi connectivity index (χ0) is 18.6. The molecule has 27 heavy (non-hydrogen) atoms. The fourth-order valence-corrected chi connectivity index (χ4v) is 4.86. The van der Waals surface area contributed by atoms with Crippen molar-refractivity contribution in [2.24, 2.45) is 0 Å². The largest absolute Gasteiger partial charge is 0.325 e. The van der Waals surface area contributed by atoms with Crippen molar-refractivity contribution in [3.63, 3.8) is 0 Å². The van der Waals surface area contributed by atoms with Crippen LogP contribution in [0.25, 0.3) is 16.5 Å². The highest BCUT2D eigenvalue weighted by Gasteiger charge is 2.10. The van der Waals surface area contributed by atoms with Crippen molar-refractivity contribution in [3.05, 3.63) is 76.8 Å². The van der Waals surface area contributed by atoms with Gasteiger partial charge >= 0.3 is 0 Å². The fraction of sp³-hybridized carbons (Fsp3) is 0.0500. The summed E-state index contributed by atoms with van der Waals surface area (Å²) in [6, 6.07) is 23.6. The quantitative estimate of drug-likeness (QED) is 0.347. The molecule has 1 N–H and O–H groups in total. The number of rotatable bonds is 5. The minimum Gasteiger partial charge on any atom is -0.325 e. The number of para-hydroxylation sites is 1. The number of carbonyl (C=O) groups excluding carboxylic acids is 1. The lowest BCUT2D eigenvalue weighted by Gasteiger charge is -2.08. The molecule has 4 rings (SSSR count). The van der Waals surface area contributed by atoms with E-state index < -0.39 is 0 Å². The molecule has 0 aliphatic heterocycles. The second kappa shape index (κ2) is 8.04. The predicted molar refractivity (Wildman–Crippen MR) is 116 cm³/mol. The molecular formula is C20H15N3OS3. The van der Waals surface area contributed by atoms with E-state index >= 15 is 0 Å². The molecule has 1 heterocycles. The van der Waals surface area contributed by atoms with E-state index in [1.807, 2.05) is 72.8 Å². The topological polar surface area (TPSA) is 46.9 Å². The highest BCUT2D eigenvalue weighted by Crippen LogP contribution is 2.26. The Labute approximate surface area is 169 Å². The van der Waals surface area contributed by atoms with Gasteiger partial charge in [0.05, 0.1) is 11.4 Å². The lowest BCUT2D eigenvalue weighted by molar-refractivity contribution is -0.113. The number of carbonyl (C=O) groups is 1. The smallest absolute Gasteiger partial charge is 0.234 e. The Morgan fingerprint density at radius 3 is 2.63 bits per heavy atom. The van der Waals surface area contributed by atoms with E-state index in [1.165, 1.54) is 23.1 Å². The van der Waals surface area contributed by atoms with Gasteiger partial charge in [0.25, 0.3) is 0 Å². The average Bonchev–Trinajstić information content (AvgIpc) is 3.08. The van der Waals surface area contributed by atoms with Gasteiger partial charge in [0, 0.05) is 11.1 Å². The van der Waals surface area contributed by atoms with Crippen molar-refractivity contribution in [3.8, 4) is 5.69 Å². The molecule has 7 heteroatoms. The van der Waals surface area contributed by atoms with Gasteiger partial charge in [-0.1, -0.05) is 77.7 Å². The number of nitrogens with zero attached hydrogens (tertiary/aromatic N) is 2. The number of anilines is 1. The minimum absolute atomic E-state index is 0.0660. The molecule has 0 saturated heterocycles. The van der Waals surface area contributed by atoms with Crippen LogP contribution in [0.2, 0.25) is 0 Å². The van der Waals surface area contributed by atoms with Crippen LogP contribution in [0.4, 0.5) is 5.69 Å². The predicted octanol–water partition coefficient (Wildman–Crippen LogP) is 5.55. The summed E-state index contributed by atoms with van der Waals surface area (Å²) in [5.74, 6) is 0.212. The van der Waals surface area contributed by atoms with Crippen LogP contribution in [-0.2, 0) is 4.79 Å². The van der Waals surface area contributed by atoms with Crippen molar-refractivity contribution in [1.82, 2.24) is 9.78 Å². The summed E-state index contributed by atoms with van der Waals surface area (Å²) in [6.07, 6.45) is 0. The van der Waals surface area contributed by atoms with E-state index in [1.54, 1.807) is 4.68 Å². The summed E-state index contributed by atoms with van der Waals surface area (Å²) in [5.41, 5.74) is 1.74. The SMILES string of the molecule is O=C(CSc1nn(-c2ccccc2)c(=S)s1)Nc1cccc2ccccc12. The summed E-state index contributed by atoms with van der Waals surface area (Å²) in [4.78, 5) is 12.4. The molecule has 0 atom stereocenters. The van der Waals surface area contributed by atoms with Crippen LogP contribution in [0.5, 0.6) is 0 Å². The van der Waals surface area contributed by atoms with Gasteiger partial charge in [0.1, 0.15) is 0 Å². The van der Waals surface area contributed by atoms with Crippen molar-refractivity contribution in [1.29, 1.82) is 0 Å². The Morgan fingerprint density at radius 1 is 1.04 bits per heavy atom. The molecule has 0 spiro atoms. The molecular weight excluding hydrogens is 394 g/mol. The third kappa shape index (κ3) is 4.10. The van der Waals surface area contributed by atoms with Gasteiger partial charge in [-0.05, 0) is 35.8 Å². The van der Waals surface area contributed by atoms with Gasteiger partial charge in [-0.25, -0.2) is 4.68 Å². The second-order valence-electron chi connectivity index (χ2n) is 5.74. The monoisotopic (exact) mass is 409 g/mol. The van der Waals surface area contributed by atoms with Crippen LogP contribution in [0, 0.1) is 3.95 Å². The molecule has 0 fully saturated rings. The normalized spacial score (nSPS) is 10.8. The molecule has 0 aliphatic rings. The van der Waals surface area contributed by atoms with Crippen LogP contribution >= 0.6 is 35.3 Å². The molecule has 1 aromatic heterocycles. The van der Waals surface area contributed by atoms with Crippen molar-refractivity contribution in [2.75, 3.05) is 11.1 Å². The molecule has 4 aromatic rings. The molecule has 3 aromatic carbocycles. The van der Waals surface area contributed by atoms with E-state index in [2.05, 4.69) is 10.4 Å². The maximum absolute atomic E-state index is 12.4. The lowest BCUT2D eigenvalue weighted by Crippen LogP contribution is -2.14. The first-order chi connectivity index (χ1) is 13.2. The number of hydrogen-bond donors (Lipinski definition) is 1. The Morgan fingerprint density at radius 2 is 1.78 bits per heavy atom. The van der Waals surface area contributed by atoms with E-state index in [0.717, 1.165) is 26.5 Å². The number of fused-ring (bicyclic) bond motifs is 1. The molecule has 1 amide bonds. The zero-order valence-corrected chi connectivity index (χ0v) is 16.6. The van der Waals surface area contributed by atoms with Crippen molar-refractivity contribution < 1.29 is 4.79 Å². The number of thioether (sulfide) groups is 1. The maximum atomic E-state index is 12.4. The number of aromatic nitrogens is 2. The average molecular weight is 410 g/mol. The van der Waals surface area contributed by atoms with E-state index in [9.17, 15) is 4.79 Å². The maximum Gasteiger partial charge on any atom is 0.234 e. The molecule has 0 radical (unpaired) electrons. The fourth-order valence-electron chi connectivity index (χ4n) is 2.70. The first-order valence-corrected chi connectivity index (χ1v) is 10.5. The molecule has 0 unspecified atom stereocenters. The Hall–Kier alpha value is -2.48. The number of amides is 1. The van der Waals surface area contributed by atoms with Crippen molar-refractivity contribution >= 4 is 57.7 Å². The first kappa shape index (κ1) is 17.9. The molecule has 134 valence electrons. The van der Waals surface area contributed by atoms with Gasteiger partial charge in [-0.3, -0.25) is 4.79 Å². The van der Waals surface area contributed by atoms with Gasteiger partial charge < -0.3 is 5.32 Å². The summed E-state index contributed by atoms with van der Waals surface area (Å²) in [7, 11) is 0. The first-order valence-electron chi connectivity index (χ1n) is 8.27. The van der Waals surface area contributed by atoms with Gasteiger partial charge in [-0.2, -0.15) is 0 Å². The van der Waals surface area contributed by atoms with Crippen LogP contribution in [0.1, 0.15) is 0 Å². The van der Waals surface area contributed by atoms with Crippen LogP contribution < -0.4 is 5.32 Å². The second-order valence-corrected chi connectivity index (χ2v) is 8.59. The third-order valence-corrected chi connectivity index (χ3v) is 6.29. The van der Waals surface area contributed by atoms with Gasteiger partial charge in [0.2, 0.25) is 5.91 Å². The summed E-state index contributed by atoms with van der Waals surface area (Å²) >= 11 is 8.20. The van der Waals surface area contributed by atoms with Gasteiger partial charge in [-0.15, -0.1) is 5.10 Å². The summed E-state index contributed by atoms with van der Waals surface area (Å²) in [5, 5.41) is 9.64. The van der Waals surface area contributed by atoms with Gasteiger partial charge in [0.15, 0.2) is 8.29 Å². The molecule has 0 aliphatic carbocycles. The minimum atomic E-state index is -0.0660. The van der Waals surface area contributed by atoms with E-state index in [4.69, 9.17) is 12.2 Å². The summed E-state index contributed by atoms with van der Waals surface area (Å²) in [6.45, 7) is 0. The van der Waals surface area contributed by atoms with Crippen LogP contribution in [0.3, 0.4) is 0 Å². The van der Waals surface area contributed by atoms with Crippen molar-refractivity contribution in [2.45, 2.75) is 4.34 Å². The Bertz CT molecular complexity index is 1150. The highest BCUT2D eigenvalue weighted by molar-refractivity contribution is 8.01. The Kier molecular flexibility index (Phi) is 5.33. The highest BCUT2D eigenvalue weighted by atomic mass is 32.2. The van der Waals surface area contributed by atoms with Crippen LogP contribution in [0.15, 0.2) is 77.1 Å². The van der Waals surface area contributed by atoms with Crippen LogP contribution in [-0.4, -0.2) is 21.4 Å². The number of nitrogens with one attached hydrogen (secondary N) is 1. The summed E-state index contributed by atoms with van der Waals surface area (Å²) < 4.78 is 3.17. The number of hydrogen-bond acceptors (Lipinski definition) is 5. The lowest BCUT2D eigenvalue weighted by atomic mass is 10.1. The molecule has 0 bridgehead atoms. The zero-order valence-electron chi connectivity index (χ0n) is 14.2.